The molecule has 0 saturated carbocycles. The van der Waals surface area contributed by atoms with Gasteiger partial charge in [-0.2, -0.15) is 0 Å². The summed E-state index contributed by atoms with van der Waals surface area (Å²) in [4.78, 5) is 29.0. The maximum absolute atomic E-state index is 12.8. The van der Waals surface area contributed by atoms with E-state index in [0.717, 1.165) is 31.6 Å². The topological polar surface area (TPSA) is 66.6 Å². The van der Waals surface area contributed by atoms with Crippen LogP contribution in [0.1, 0.15) is 33.6 Å². The SMILES string of the molecule is CN(C(=O)c1cccc(C(=O)N2CCC(CN)CC2)c1)c1ccccc1. The summed E-state index contributed by atoms with van der Waals surface area (Å²) in [7, 11) is 1.74. The van der Waals surface area contributed by atoms with Gasteiger partial charge in [-0.3, -0.25) is 9.59 Å². The lowest BCUT2D eigenvalue weighted by Gasteiger charge is -2.31. The predicted molar refractivity (Wildman–Crippen MR) is 103 cm³/mol. The molecule has 2 aromatic rings. The van der Waals surface area contributed by atoms with Crippen LogP contribution in [0.15, 0.2) is 54.6 Å². The fourth-order valence-corrected chi connectivity index (χ4v) is 3.30. The van der Waals surface area contributed by atoms with Gasteiger partial charge in [0.15, 0.2) is 0 Å². The highest BCUT2D eigenvalue weighted by Gasteiger charge is 2.23. The molecule has 0 spiro atoms. The lowest BCUT2D eigenvalue weighted by Crippen LogP contribution is -2.40. The Kier molecular flexibility index (Phi) is 5.68. The summed E-state index contributed by atoms with van der Waals surface area (Å²) in [5.74, 6) is 0.358. The molecular formula is C21H25N3O2. The normalized spacial score (nSPS) is 14.9. The Morgan fingerprint density at radius 3 is 2.35 bits per heavy atom. The highest BCUT2D eigenvalue weighted by atomic mass is 16.2. The summed E-state index contributed by atoms with van der Waals surface area (Å²) < 4.78 is 0. The van der Waals surface area contributed by atoms with Gasteiger partial charge in [-0.1, -0.05) is 24.3 Å². The van der Waals surface area contributed by atoms with Crippen molar-refractivity contribution in [2.75, 3.05) is 31.6 Å². The Hall–Kier alpha value is -2.66. The van der Waals surface area contributed by atoms with Gasteiger partial charge in [0.1, 0.15) is 0 Å². The first-order valence-corrected chi connectivity index (χ1v) is 9.02. The Morgan fingerprint density at radius 1 is 1.04 bits per heavy atom. The third-order valence-corrected chi connectivity index (χ3v) is 5.04. The molecule has 0 radical (unpaired) electrons. The number of nitrogens with two attached hydrogens (primary N) is 1. The largest absolute Gasteiger partial charge is 0.339 e. The van der Waals surface area contributed by atoms with Crippen molar-refractivity contribution in [1.82, 2.24) is 4.90 Å². The fraction of sp³-hybridized carbons (Fsp3) is 0.333. The highest BCUT2D eigenvalue weighted by molar-refractivity contribution is 6.07. The van der Waals surface area contributed by atoms with E-state index in [4.69, 9.17) is 5.73 Å². The minimum Gasteiger partial charge on any atom is -0.339 e. The van der Waals surface area contributed by atoms with Gasteiger partial charge in [-0.15, -0.1) is 0 Å². The number of benzene rings is 2. The zero-order valence-electron chi connectivity index (χ0n) is 15.1. The smallest absolute Gasteiger partial charge is 0.258 e. The van der Waals surface area contributed by atoms with Crippen LogP contribution in [-0.2, 0) is 0 Å². The van der Waals surface area contributed by atoms with Crippen molar-refractivity contribution in [2.24, 2.45) is 11.7 Å². The maximum atomic E-state index is 12.8. The molecule has 5 heteroatoms. The number of piperidine rings is 1. The average molecular weight is 351 g/mol. The molecule has 2 aromatic carbocycles. The van der Waals surface area contributed by atoms with E-state index in [9.17, 15) is 9.59 Å². The Labute approximate surface area is 154 Å². The molecule has 2 N–H and O–H groups in total. The molecule has 0 aliphatic carbocycles. The molecule has 0 atom stereocenters. The van der Waals surface area contributed by atoms with Crippen LogP contribution in [-0.4, -0.2) is 43.4 Å². The van der Waals surface area contributed by atoms with E-state index in [-0.39, 0.29) is 11.8 Å². The second-order valence-corrected chi connectivity index (χ2v) is 6.75. The maximum Gasteiger partial charge on any atom is 0.258 e. The van der Waals surface area contributed by atoms with Crippen LogP contribution >= 0.6 is 0 Å². The fourth-order valence-electron chi connectivity index (χ4n) is 3.30. The highest BCUT2D eigenvalue weighted by Crippen LogP contribution is 2.20. The van der Waals surface area contributed by atoms with Crippen molar-refractivity contribution in [3.8, 4) is 0 Å². The molecule has 0 bridgehead atoms. The van der Waals surface area contributed by atoms with Gasteiger partial charge in [-0.05, 0) is 55.6 Å². The number of hydrogen-bond donors (Lipinski definition) is 1. The van der Waals surface area contributed by atoms with Crippen molar-refractivity contribution >= 4 is 17.5 Å². The number of rotatable bonds is 4. The zero-order valence-corrected chi connectivity index (χ0v) is 15.1. The Morgan fingerprint density at radius 2 is 1.69 bits per heavy atom. The number of carbonyl (C=O) groups excluding carboxylic acids is 2. The average Bonchev–Trinajstić information content (AvgIpc) is 2.73. The second-order valence-electron chi connectivity index (χ2n) is 6.75. The third kappa shape index (κ3) is 3.94. The van der Waals surface area contributed by atoms with Gasteiger partial charge in [0.2, 0.25) is 0 Å². The van der Waals surface area contributed by atoms with Gasteiger partial charge in [-0.25, -0.2) is 0 Å². The minimum absolute atomic E-state index is 0.0162. The van der Waals surface area contributed by atoms with Crippen molar-refractivity contribution in [3.05, 3.63) is 65.7 Å². The number of likely N-dealkylation sites (tertiary alicyclic amines) is 1. The van der Waals surface area contributed by atoms with Gasteiger partial charge < -0.3 is 15.5 Å². The summed E-state index contributed by atoms with van der Waals surface area (Å²) in [5, 5.41) is 0. The van der Waals surface area contributed by atoms with Crippen LogP contribution in [0.25, 0.3) is 0 Å². The van der Waals surface area contributed by atoms with Gasteiger partial charge in [0, 0.05) is 37.0 Å². The molecule has 0 aromatic heterocycles. The van der Waals surface area contributed by atoms with Crippen molar-refractivity contribution in [3.63, 3.8) is 0 Å². The summed E-state index contributed by atoms with van der Waals surface area (Å²) in [5.41, 5.74) is 7.61. The van der Waals surface area contributed by atoms with E-state index in [0.29, 0.717) is 23.6 Å². The van der Waals surface area contributed by atoms with Gasteiger partial charge in [0.25, 0.3) is 11.8 Å². The second kappa shape index (κ2) is 8.15. The van der Waals surface area contributed by atoms with E-state index < -0.39 is 0 Å². The molecule has 0 unspecified atom stereocenters. The number of nitrogens with zero attached hydrogens (tertiary/aromatic N) is 2. The van der Waals surface area contributed by atoms with E-state index in [1.165, 1.54) is 0 Å². The van der Waals surface area contributed by atoms with E-state index in [1.807, 2.05) is 35.2 Å². The van der Waals surface area contributed by atoms with Crippen LogP contribution in [0.2, 0.25) is 0 Å². The van der Waals surface area contributed by atoms with Crippen LogP contribution in [0, 0.1) is 5.92 Å². The van der Waals surface area contributed by atoms with Crippen LogP contribution in [0.3, 0.4) is 0 Å². The molecule has 1 saturated heterocycles. The first-order chi connectivity index (χ1) is 12.6. The molecule has 1 aliphatic rings. The molecule has 26 heavy (non-hydrogen) atoms. The first kappa shape index (κ1) is 18.1. The lowest BCUT2D eigenvalue weighted by atomic mass is 9.96. The summed E-state index contributed by atoms with van der Waals surface area (Å²) >= 11 is 0. The molecule has 5 nitrogen and oxygen atoms in total. The first-order valence-electron chi connectivity index (χ1n) is 9.02. The molecule has 3 rings (SSSR count). The number of para-hydroxylation sites is 1. The van der Waals surface area contributed by atoms with E-state index in [2.05, 4.69) is 0 Å². The van der Waals surface area contributed by atoms with E-state index >= 15 is 0 Å². The molecular weight excluding hydrogens is 326 g/mol. The van der Waals surface area contributed by atoms with E-state index in [1.54, 1.807) is 36.2 Å². The van der Waals surface area contributed by atoms with Crippen LogP contribution < -0.4 is 10.6 Å². The summed E-state index contributed by atoms with van der Waals surface area (Å²) in [6, 6.07) is 16.5. The number of anilines is 1. The number of hydrogen-bond acceptors (Lipinski definition) is 3. The van der Waals surface area contributed by atoms with Crippen molar-refractivity contribution in [2.45, 2.75) is 12.8 Å². The molecule has 1 aliphatic heterocycles. The Bertz CT molecular complexity index is 768. The molecule has 136 valence electrons. The van der Waals surface area contributed by atoms with Crippen LogP contribution in [0.4, 0.5) is 5.69 Å². The van der Waals surface area contributed by atoms with Crippen LogP contribution in [0.5, 0.6) is 0 Å². The van der Waals surface area contributed by atoms with Gasteiger partial charge in [0.05, 0.1) is 0 Å². The Balaban J connectivity index is 1.74. The van der Waals surface area contributed by atoms with Crippen molar-refractivity contribution < 1.29 is 9.59 Å². The third-order valence-electron chi connectivity index (χ3n) is 5.04. The molecule has 1 fully saturated rings. The number of carbonyl (C=O) groups is 2. The molecule has 2 amide bonds. The van der Waals surface area contributed by atoms with Crippen molar-refractivity contribution in [1.29, 1.82) is 0 Å². The number of amides is 2. The lowest BCUT2D eigenvalue weighted by molar-refractivity contribution is 0.0693. The summed E-state index contributed by atoms with van der Waals surface area (Å²) in [6.07, 6.45) is 1.88. The monoisotopic (exact) mass is 351 g/mol. The summed E-state index contributed by atoms with van der Waals surface area (Å²) in [6.45, 7) is 2.13. The molecule has 1 heterocycles. The standard InChI is InChI=1S/C21H25N3O2/c1-23(19-8-3-2-4-9-19)20(25)17-6-5-7-18(14-17)21(26)24-12-10-16(15-22)11-13-24/h2-9,14,16H,10-13,15,22H2,1H3. The minimum atomic E-state index is -0.132. The predicted octanol–water partition coefficient (Wildman–Crippen LogP) is 2.77. The quantitative estimate of drug-likeness (QED) is 0.921. The zero-order chi connectivity index (χ0) is 18.5. The van der Waals surface area contributed by atoms with Gasteiger partial charge >= 0.3 is 0 Å².